The zero-order chi connectivity index (χ0) is 42.4. The van der Waals surface area contributed by atoms with Gasteiger partial charge in [-0.1, -0.05) is 200 Å². The van der Waals surface area contributed by atoms with Crippen LogP contribution >= 0.6 is 0 Å². The van der Waals surface area contributed by atoms with Crippen LogP contribution < -0.4 is 4.90 Å². The summed E-state index contributed by atoms with van der Waals surface area (Å²) in [5.41, 5.74) is 16.9. The summed E-state index contributed by atoms with van der Waals surface area (Å²) < 4.78 is 6.24. The van der Waals surface area contributed by atoms with E-state index in [1.54, 1.807) is 0 Å². The lowest BCUT2D eigenvalue weighted by Gasteiger charge is -2.28. The third-order valence-corrected chi connectivity index (χ3v) is 12.7. The van der Waals surface area contributed by atoms with Crippen LogP contribution in [0.5, 0.6) is 0 Å². The molecule has 0 radical (unpaired) electrons. The van der Waals surface area contributed by atoms with Gasteiger partial charge in [0.25, 0.3) is 0 Å². The van der Waals surface area contributed by atoms with Gasteiger partial charge in [0.15, 0.2) is 0 Å². The highest BCUT2D eigenvalue weighted by Crippen LogP contribution is 2.43. The molecular formula is C62H41NO. The fourth-order valence-electron chi connectivity index (χ4n) is 9.48. The summed E-state index contributed by atoms with van der Waals surface area (Å²) in [7, 11) is 0. The minimum atomic E-state index is 0.890. The average Bonchev–Trinajstić information content (AvgIpc) is 3.75. The van der Waals surface area contributed by atoms with Crippen molar-refractivity contribution in [3.8, 4) is 55.6 Å². The largest absolute Gasteiger partial charge is 0.456 e. The third kappa shape index (κ3) is 6.70. The topological polar surface area (TPSA) is 16.4 Å². The van der Waals surface area contributed by atoms with Crippen molar-refractivity contribution in [1.29, 1.82) is 0 Å². The molecule has 0 aliphatic heterocycles. The Morgan fingerprint density at radius 1 is 0.250 bits per heavy atom. The lowest BCUT2D eigenvalue weighted by Crippen LogP contribution is -2.11. The summed E-state index contributed by atoms with van der Waals surface area (Å²) in [6, 6.07) is 89.7. The highest BCUT2D eigenvalue weighted by atomic mass is 16.3. The van der Waals surface area contributed by atoms with E-state index >= 15 is 0 Å². The molecule has 12 rings (SSSR count). The summed E-state index contributed by atoms with van der Waals surface area (Å²) in [5.74, 6) is 0. The van der Waals surface area contributed by atoms with E-state index in [0.717, 1.165) is 50.1 Å². The van der Waals surface area contributed by atoms with Crippen molar-refractivity contribution in [3.05, 3.63) is 249 Å². The van der Waals surface area contributed by atoms with Crippen LogP contribution in [0, 0.1) is 0 Å². The van der Waals surface area contributed by atoms with Gasteiger partial charge >= 0.3 is 0 Å². The maximum atomic E-state index is 6.24. The quantitative estimate of drug-likeness (QED) is 0.152. The number of hydrogen-bond acceptors (Lipinski definition) is 2. The fraction of sp³-hybridized carbons (Fsp3) is 0. The number of furan rings is 1. The van der Waals surface area contributed by atoms with Gasteiger partial charge in [0, 0.05) is 27.7 Å². The highest BCUT2D eigenvalue weighted by Gasteiger charge is 2.19. The normalized spacial score (nSPS) is 11.4. The van der Waals surface area contributed by atoms with Crippen molar-refractivity contribution in [3.63, 3.8) is 0 Å². The molecule has 1 aromatic heterocycles. The molecule has 64 heavy (non-hydrogen) atoms. The van der Waals surface area contributed by atoms with E-state index in [4.69, 9.17) is 4.42 Å². The van der Waals surface area contributed by atoms with Crippen LogP contribution in [0.25, 0.3) is 99.1 Å². The molecule has 0 fully saturated rings. The van der Waals surface area contributed by atoms with Crippen molar-refractivity contribution in [2.75, 3.05) is 4.90 Å². The molecule has 2 heteroatoms. The molecule has 0 amide bonds. The van der Waals surface area contributed by atoms with Crippen LogP contribution in [0.15, 0.2) is 253 Å². The molecular weight excluding hydrogens is 775 g/mol. The van der Waals surface area contributed by atoms with Crippen molar-refractivity contribution < 1.29 is 4.42 Å². The predicted octanol–water partition coefficient (Wildman–Crippen LogP) is 17.7. The minimum absolute atomic E-state index is 0.890. The van der Waals surface area contributed by atoms with Crippen LogP contribution in [-0.2, 0) is 0 Å². The Morgan fingerprint density at radius 3 is 1.20 bits per heavy atom. The molecule has 300 valence electrons. The van der Waals surface area contributed by atoms with Crippen molar-refractivity contribution in [1.82, 2.24) is 0 Å². The monoisotopic (exact) mass is 815 g/mol. The number of anilines is 3. The van der Waals surface area contributed by atoms with Crippen LogP contribution in [0.4, 0.5) is 17.1 Å². The van der Waals surface area contributed by atoms with Crippen LogP contribution in [-0.4, -0.2) is 0 Å². The third-order valence-electron chi connectivity index (χ3n) is 12.7. The molecule has 0 N–H and O–H groups in total. The van der Waals surface area contributed by atoms with Gasteiger partial charge in [0.05, 0.1) is 5.69 Å². The molecule has 2 nitrogen and oxygen atoms in total. The molecule has 0 saturated carbocycles. The second-order valence-electron chi connectivity index (χ2n) is 16.5. The van der Waals surface area contributed by atoms with Crippen LogP contribution in [0.1, 0.15) is 0 Å². The lowest BCUT2D eigenvalue weighted by atomic mass is 9.96. The zero-order valence-electron chi connectivity index (χ0n) is 35.0. The second kappa shape index (κ2) is 15.8. The number of nitrogens with zero attached hydrogens (tertiary/aromatic N) is 1. The van der Waals surface area contributed by atoms with Gasteiger partial charge in [-0.25, -0.2) is 0 Å². The van der Waals surface area contributed by atoms with Gasteiger partial charge < -0.3 is 9.32 Å². The van der Waals surface area contributed by atoms with Gasteiger partial charge in [-0.05, 0) is 120 Å². The van der Waals surface area contributed by atoms with Crippen LogP contribution in [0.2, 0.25) is 0 Å². The van der Waals surface area contributed by atoms with E-state index in [1.165, 1.54) is 66.1 Å². The Morgan fingerprint density at radius 2 is 0.641 bits per heavy atom. The van der Waals surface area contributed by atoms with Gasteiger partial charge in [0.1, 0.15) is 11.2 Å². The van der Waals surface area contributed by atoms with Crippen molar-refractivity contribution >= 4 is 60.5 Å². The Bertz CT molecular complexity index is 3460. The molecule has 0 unspecified atom stereocenters. The Labute approximate surface area is 372 Å². The van der Waals surface area contributed by atoms with Gasteiger partial charge in [-0.3, -0.25) is 0 Å². The first kappa shape index (κ1) is 37.3. The zero-order valence-corrected chi connectivity index (χ0v) is 35.0. The maximum Gasteiger partial charge on any atom is 0.135 e. The van der Waals surface area contributed by atoms with Gasteiger partial charge in [-0.2, -0.15) is 0 Å². The predicted molar refractivity (Wildman–Crippen MR) is 271 cm³/mol. The van der Waals surface area contributed by atoms with E-state index < -0.39 is 0 Å². The number of hydrogen-bond donors (Lipinski definition) is 0. The Hall–Kier alpha value is -8.46. The molecule has 0 bridgehead atoms. The molecule has 1 heterocycles. The standard InChI is InChI=1S/C62H41NO/c1-3-15-53-46(11-1)13-9-19-55(53)48-27-23-42(24-28-48)44-31-36-51(37-32-44)63(60-21-7-5-17-57(60)50-35-40-62-59(41-50)58-18-6-8-22-61(58)64-62)52-38-33-45(34-39-52)43-25-29-49(30-26-43)56-20-10-14-47-12-2-4-16-54(47)56/h1-41H. The first-order valence-electron chi connectivity index (χ1n) is 21.9. The van der Waals surface area contributed by atoms with E-state index in [-0.39, 0.29) is 0 Å². The van der Waals surface area contributed by atoms with E-state index in [1.807, 2.05) is 12.1 Å². The van der Waals surface area contributed by atoms with E-state index in [9.17, 15) is 0 Å². The first-order valence-corrected chi connectivity index (χ1v) is 21.9. The molecule has 0 atom stereocenters. The summed E-state index contributed by atoms with van der Waals surface area (Å²) in [4.78, 5) is 2.38. The average molecular weight is 816 g/mol. The first-order chi connectivity index (χ1) is 31.7. The summed E-state index contributed by atoms with van der Waals surface area (Å²) >= 11 is 0. The molecule has 0 aliphatic carbocycles. The molecule has 11 aromatic carbocycles. The summed E-state index contributed by atoms with van der Waals surface area (Å²) in [5, 5.41) is 7.27. The fourth-order valence-corrected chi connectivity index (χ4v) is 9.48. The highest BCUT2D eigenvalue weighted by molar-refractivity contribution is 6.07. The molecule has 0 aliphatic rings. The van der Waals surface area contributed by atoms with E-state index in [0.29, 0.717) is 0 Å². The number of rotatable bonds is 8. The number of benzene rings is 11. The smallest absolute Gasteiger partial charge is 0.135 e. The number of para-hydroxylation sites is 2. The van der Waals surface area contributed by atoms with Gasteiger partial charge in [-0.15, -0.1) is 0 Å². The second-order valence-corrected chi connectivity index (χ2v) is 16.5. The summed E-state index contributed by atoms with van der Waals surface area (Å²) in [6.45, 7) is 0. The molecule has 0 saturated heterocycles. The molecule has 0 spiro atoms. The Kier molecular flexibility index (Phi) is 9.20. The lowest BCUT2D eigenvalue weighted by molar-refractivity contribution is 0.669. The van der Waals surface area contributed by atoms with Crippen molar-refractivity contribution in [2.45, 2.75) is 0 Å². The molecule has 12 aromatic rings. The summed E-state index contributed by atoms with van der Waals surface area (Å²) in [6.07, 6.45) is 0. The Balaban J connectivity index is 0.914. The van der Waals surface area contributed by atoms with Gasteiger partial charge in [0.2, 0.25) is 0 Å². The minimum Gasteiger partial charge on any atom is -0.456 e. The number of fused-ring (bicyclic) bond motifs is 5. The van der Waals surface area contributed by atoms with Crippen LogP contribution in [0.3, 0.4) is 0 Å². The SMILES string of the molecule is c1ccc(N(c2ccc(-c3ccc(-c4cccc5ccccc45)cc3)cc2)c2ccc(-c3ccc(-c4cccc5ccccc45)cc3)cc2)c(-c2ccc3oc4ccccc4c3c2)c1. The van der Waals surface area contributed by atoms with Crippen molar-refractivity contribution in [2.24, 2.45) is 0 Å². The maximum absolute atomic E-state index is 6.24. The van der Waals surface area contributed by atoms with E-state index in [2.05, 4.69) is 241 Å².